The van der Waals surface area contributed by atoms with E-state index in [1.54, 1.807) is 0 Å². The Kier molecular flexibility index (Phi) is 28.5. The summed E-state index contributed by atoms with van der Waals surface area (Å²) in [6.45, 7) is 6.61. The molecule has 3 nitrogen and oxygen atoms in total. The van der Waals surface area contributed by atoms with Crippen LogP contribution in [-0.2, 0) is 4.79 Å². The van der Waals surface area contributed by atoms with Gasteiger partial charge < -0.3 is 11.5 Å². The third-order valence-corrected chi connectivity index (χ3v) is 9.33. The van der Waals surface area contributed by atoms with Crippen LogP contribution in [0.1, 0.15) is 213 Å². The molecule has 0 bridgehead atoms. The van der Waals surface area contributed by atoms with Gasteiger partial charge in [0.05, 0.1) is 5.54 Å². The van der Waals surface area contributed by atoms with E-state index in [2.05, 4.69) is 13.8 Å². The number of unbranched alkanes of at least 4 members (excludes halogenated alkanes) is 25. The van der Waals surface area contributed by atoms with Crippen LogP contribution in [0, 0.1) is 5.92 Å². The fraction of sp³-hybridized carbons (Fsp3) is 0.972. The van der Waals surface area contributed by atoms with Crippen LogP contribution < -0.4 is 11.5 Å². The minimum absolute atomic E-state index is 0.241. The molecule has 0 aromatic rings. The predicted molar refractivity (Wildman–Crippen MR) is 175 cm³/mol. The summed E-state index contributed by atoms with van der Waals surface area (Å²) in [7, 11) is 0. The smallest absolute Gasteiger partial charge is 0.237 e. The molecule has 2 unspecified atom stereocenters. The molecule has 0 rings (SSSR count). The normalized spacial score (nSPS) is 13.9. The van der Waals surface area contributed by atoms with E-state index in [4.69, 9.17) is 11.5 Å². The van der Waals surface area contributed by atoms with Gasteiger partial charge in [0, 0.05) is 0 Å². The maximum absolute atomic E-state index is 12.3. The van der Waals surface area contributed by atoms with Crippen molar-refractivity contribution < 1.29 is 4.79 Å². The first-order valence-corrected chi connectivity index (χ1v) is 18.1. The maximum atomic E-state index is 12.3. The van der Waals surface area contributed by atoms with E-state index in [9.17, 15) is 4.79 Å². The number of primary amides is 1. The van der Waals surface area contributed by atoms with Crippen LogP contribution in [-0.4, -0.2) is 11.4 Å². The highest BCUT2D eigenvalue weighted by Gasteiger charge is 2.37. The summed E-state index contributed by atoms with van der Waals surface area (Å²) >= 11 is 0. The predicted octanol–water partition coefficient (Wildman–Crippen LogP) is 11.5. The Bertz CT molecular complexity index is 508. The van der Waals surface area contributed by atoms with Crippen molar-refractivity contribution in [1.82, 2.24) is 0 Å². The lowest BCUT2D eigenvalue weighted by Gasteiger charge is -2.34. The second-order valence-electron chi connectivity index (χ2n) is 12.9. The average molecular weight is 551 g/mol. The fourth-order valence-electron chi connectivity index (χ4n) is 6.32. The summed E-state index contributed by atoms with van der Waals surface area (Å²) in [5, 5.41) is 0. The minimum atomic E-state index is -0.825. The molecule has 39 heavy (non-hydrogen) atoms. The van der Waals surface area contributed by atoms with Crippen LogP contribution in [0.3, 0.4) is 0 Å². The van der Waals surface area contributed by atoms with Crippen molar-refractivity contribution in [3.8, 4) is 0 Å². The highest BCUT2D eigenvalue weighted by Crippen LogP contribution is 2.30. The van der Waals surface area contributed by atoms with Crippen molar-refractivity contribution in [3.63, 3.8) is 0 Å². The number of hydrogen-bond donors (Lipinski definition) is 2. The van der Waals surface area contributed by atoms with Crippen LogP contribution in [0.25, 0.3) is 0 Å². The Balaban J connectivity index is 3.88. The molecule has 4 N–H and O–H groups in total. The molecule has 0 saturated carbocycles. The van der Waals surface area contributed by atoms with E-state index in [0.717, 1.165) is 12.8 Å². The number of hydrogen-bond acceptors (Lipinski definition) is 2. The molecule has 0 fully saturated rings. The first kappa shape index (κ1) is 38.4. The van der Waals surface area contributed by atoms with E-state index < -0.39 is 5.54 Å². The molecule has 0 aliphatic rings. The SMILES string of the molecule is CCCCCCCCCCCCCCCCCCC(CCCCCCCCCCCCC)C(N)(CC)C(N)=O. The van der Waals surface area contributed by atoms with Crippen molar-refractivity contribution in [2.45, 2.75) is 219 Å². The number of amides is 1. The molecule has 0 aromatic heterocycles. The number of carbonyl (C=O) groups excluding carboxylic acids is 1. The summed E-state index contributed by atoms with van der Waals surface area (Å²) in [5.74, 6) is -0.0558. The van der Waals surface area contributed by atoms with Crippen molar-refractivity contribution in [3.05, 3.63) is 0 Å². The van der Waals surface area contributed by atoms with Gasteiger partial charge in [0.25, 0.3) is 0 Å². The van der Waals surface area contributed by atoms with E-state index in [1.165, 1.54) is 173 Å². The van der Waals surface area contributed by atoms with E-state index in [-0.39, 0.29) is 11.8 Å². The zero-order valence-electron chi connectivity index (χ0n) is 27.4. The molecule has 0 radical (unpaired) electrons. The van der Waals surface area contributed by atoms with Crippen molar-refractivity contribution in [1.29, 1.82) is 0 Å². The van der Waals surface area contributed by atoms with E-state index in [1.807, 2.05) is 6.92 Å². The number of carbonyl (C=O) groups is 1. The maximum Gasteiger partial charge on any atom is 0.237 e. The molecular formula is C36H74N2O. The van der Waals surface area contributed by atoms with Crippen LogP contribution in [0.2, 0.25) is 0 Å². The monoisotopic (exact) mass is 551 g/mol. The van der Waals surface area contributed by atoms with Gasteiger partial charge in [0.1, 0.15) is 0 Å². The lowest BCUT2D eigenvalue weighted by molar-refractivity contribution is -0.125. The summed E-state index contributed by atoms with van der Waals surface area (Å²) in [5.41, 5.74) is 11.6. The Morgan fingerprint density at radius 2 is 0.692 bits per heavy atom. The Morgan fingerprint density at radius 3 is 0.897 bits per heavy atom. The van der Waals surface area contributed by atoms with Gasteiger partial charge in [-0.15, -0.1) is 0 Å². The largest absolute Gasteiger partial charge is 0.368 e. The highest BCUT2D eigenvalue weighted by molar-refractivity contribution is 5.84. The average Bonchev–Trinajstić information content (AvgIpc) is 2.93. The summed E-state index contributed by atoms with van der Waals surface area (Å²) in [6.07, 6.45) is 39.8. The quantitative estimate of drug-likeness (QED) is 0.0817. The molecule has 0 saturated heterocycles. The van der Waals surface area contributed by atoms with Crippen molar-refractivity contribution in [2.75, 3.05) is 0 Å². The van der Waals surface area contributed by atoms with Gasteiger partial charge in [-0.1, -0.05) is 194 Å². The lowest BCUT2D eigenvalue weighted by Crippen LogP contribution is -2.57. The van der Waals surface area contributed by atoms with Gasteiger partial charge in [-0.25, -0.2) is 0 Å². The van der Waals surface area contributed by atoms with E-state index >= 15 is 0 Å². The van der Waals surface area contributed by atoms with Crippen molar-refractivity contribution >= 4 is 5.91 Å². The molecular weight excluding hydrogens is 476 g/mol. The molecule has 0 spiro atoms. The molecule has 0 heterocycles. The Labute approximate surface area is 246 Å². The number of rotatable bonds is 32. The molecule has 0 aliphatic heterocycles. The molecule has 234 valence electrons. The zero-order chi connectivity index (χ0) is 28.9. The van der Waals surface area contributed by atoms with Gasteiger partial charge in [-0.05, 0) is 25.2 Å². The topological polar surface area (TPSA) is 69.1 Å². The second kappa shape index (κ2) is 28.9. The minimum Gasteiger partial charge on any atom is -0.368 e. The first-order valence-electron chi connectivity index (χ1n) is 18.1. The Hall–Kier alpha value is -0.570. The summed E-state index contributed by atoms with van der Waals surface area (Å²) < 4.78 is 0. The van der Waals surface area contributed by atoms with Crippen LogP contribution in [0.15, 0.2) is 0 Å². The highest BCUT2D eigenvalue weighted by atomic mass is 16.1. The van der Waals surface area contributed by atoms with Gasteiger partial charge in [0.15, 0.2) is 0 Å². The molecule has 0 aromatic carbocycles. The van der Waals surface area contributed by atoms with Gasteiger partial charge in [-0.3, -0.25) is 4.79 Å². The first-order chi connectivity index (χ1) is 19.0. The third kappa shape index (κ3) is 22.8. The summed E-state index contributed by atoms with van der Waals surface area (Å²) in [4.78, 5) is 12.3. The standard InChI is InChI=1S/C36H74N2O/c1-4-7-9-11-13-15-17-18-19-20-21-23-25-27-29-31-33-34(36(38,6-3)35(37)39)32-30-28-26-24-22-16-14-12-10-8-5-2/h34H,4-33,38H2,1-3H3,(H2,37,39). The van der Waals surface area contributed by atoms with Crippen LogP contribution in [0.5, 0.6) is 0 Å². The molecule has 0 aliphatic carbocycles. The zero-order valence-corrected chi connectivity index (χ0v) is 27.4. The fourth-order valence-corrected chi connectivity index (χ4v) is 6.32. The van der Waals surface area contributed by atoms with E-state index in [0.29, 0.717) is 6.42 Å². The molecule has 3 heteroatoms. The molecule has 2 atom stereocenters. The van der Waals surface area contributed by atoms with Gasteiger partial charge in [-0.2, -0.15) is 0 Å². The van der Waals surface area contributed by atoms with Crippen LogP contribution >= 0.6 is 0 Å². The number of nitrogens with two attached hydrogens (primary N) is 2. The van der Waals surface area contributed by atoms with Crippen molar-refractivity contribution in [2.24, 2.45) is 17.4 Å². The van der Waals surface area contributed by atoms with Gasteiger partial charge >= 0.3 is 0 Å². The lowest BCUT2D eigenvalue weighted by atomic mass is 9.76. The molecule has 1 amide bonds. The van der Waals surface area contributed by atoms with Gasteiger partial charge in [0.2, 0.25) is 5.91 Å². The Morgan fingerprint density at radius 1 is 0.462 bits per heavy atom. The second-order valence-corrected chi connectivity index (χ2v) is 12.9. The third-order valence-electron chi connectivity index (χ3n) is 9.33. The summed E-state index contributed by atoms with van der Waals surface area (Å²) in [6, 6.07) is 0. The van der Waals surface area contributed by atoms with Crippen LogP contribution in [0.4, 0.5) is 0 Å².